The lowest BCUT2D eigenvalue weighted by molar-refractivity contribution is 0.405. The summed E-state index contributed by atoms with van der Waals surface area (Å²) in [5.41, 5.74) is 6.88. The Kier molecular flexibility index (Phi) is 3.75. The van der Waals surface area contributed by atoms with E-state index < -0.39 is 5.82 Å². The van der Waals surface area contributed by atoms with Gasteiger partial charge >= 0.3 is 0 Å². The Hall–Kier alpha value is -2.43. The highest BCUT2D eigenvalue weighted by atomic mass is 19.1. The Morgan fingerprint density at radius 2 is 1.89 bits per heavy atom. The maximum absolute atomic E-state index is 13.7. The summed E-state index contributed by atoms with van der Waals surface area (Å²) in [7, 11) is 3.10. The minimum atomic E-state index is -0.426. The number of benzene rings is 2. The van der Waals surface area contributed by atoms with Gasteiger partial charge in [-0.25, -0.2) is 4.39 Å². The molecule has 0 heterocycles. The first kappa shape index (κ1) is 13.0. The van der Waals surface area contributed by atoms with Crippen LogP contribution >= 0.6 is 0 Å². The molecule has 0 saturated heterocycles. The highest BCUT2D eigenvalue weighted by molar-refractivity contribution is 5.76. The number of nitrogens with one attached hydrogen (secondary N) is 1. The van der Waals surface area contributed by atoms with Gasteiger partial charge in [-0.3, -0.25) is 0 Å². The molecule has 2 rings (SSSR count). The summed E-state index contributed by atoms with van der Waals surface area (Å²) in [4.78, 5) is 0. The zero-order chi connectivity index (χ0) is 13.8. The van der Waals surface area contributed by atoms with E-state index in [9.17, 15) is 4.39 Å². The van der Waals surface area contributed by atoms with Crippen LogP contribution in [0.25, 0.3) is 0 Å². The monoisotopic (exact) mass is 262 g/mol. The van der Waals surface area contributed by atoms with E-state index in [1.165, 1.54) is 13.2 Å². The third-order valence-electron chi connectivity index (χ3n) is 2.71. The molecule has 0 aliphatic carbocycles. The maximum atomic E-state index is 13.7. The molecule has 0 spiro atoms. The van der Waals surface area contributed by atoms with Crippen molar-refractivity contribution in [2.75, 3.05) is 25.3 Å². The summed E-state index contributed by atoms with van der Waals surface area (Å²) in [6.45, 7) is 0. The smallest absolute Gasteiger partial charge is 0.148 e. The van der Waals surface area contributed by atoms with E-state index in [-0.39, 0.29) is 5.69 Å². The molecule has 5 heteroatoms. The van der Waals surface area contributed by atoms with Gasteiger partial charge in [-0.1, -0.05) is 6.07 Å². The van der Waals surface area contributed by atoms with Crippen molar-refractivity contribution in [2.45, 2.75) is 0 Å². The molecule has 0 fully saturated rings. The molecule has 0 atom stereocenters. The van der Waals surface area contributed by atoms with Crippen molar-refractivity contribution in [2.24, 2.45) is 0 Å². The maximum Gasteiger partial charge on any atom is 0.148 e. The van der Waals surface area contributed by atoms with Gasteiger partial charge in [0.1, 0.15) is 17.3 Å². The number of methoxy groups -OCH3 is 2. The van der Waals surface area contributed by atoms with Crippen LogP contribution in [-0.2, 0) is 0 Å². The van der Waals surface area contributed by atoms with Crippen LogP contribution in [0.2, 0.25) is 0 Å². The first-order valence-electron chi connectivity index (χ1n) is 5.68. The van der Waals surface area contributed by atoms with Crippen molar-refractivity contribution >= 4 is 17.1 Å². The Balaban J connectivity index is 2.42. The first-order valence-corrected chi connectivity index (χ1v) is 5.68. The minimum absolute atomic E-state index is 0.217. The quantitative estimate of drug-likeness (QED) is 0.831. The van der Waals surface area contributed by atoms with Gasteiger partial charge in [0.25, 0.3) is 0 Å². The highest BCUT2D eigenvalue weighted by Gasteiger charge is 2.10. The van der Waals surface area contributed by atoms with E-state index in [1.54, 1.807) is 37.4 Å². The largest absolute Gasteiger partial charge is 0.497 e. The number of rotatable bonds is 4. The van der Waals surface area contributed by atoms with Gasteiger partial charge in [0.2, 0.25) is 0 Å². The molecule has 0 bridgehead atoms. The van der Waals surface area contributed by atoms with Gasteiger partial charge in [0, 0.05) is 6.07 Å². The van der Waals surface area contributed by atoms with Gasteiger partial charge in [0.05, 0.1) is 31.3 Å². The second kappa shape index (κ2) is 5.48. The summed E-state index contributed by atoms with van der Waals surface area (Å²) in [5.74, 6) is 0.784. The normalized spacial score (nSPS) is 10.1. The van der Waals surface area contributed by atoms with Gasteiger partial charge in [0.15, 0.2) is 0 Å². The predicted octanol–water partition coefficient (Wildman–Crippen LogP) is 3.17. The lowest BCUT2D eigenvalue weighted by Crippen LogP contribution is -2.01. The van der Waals surface area contributed by atoms with Crippen molar-refractivity contribution in [3.63, 3.8) is 0 Å². The second-order valence-electron chi connectivity index (χ2n) is 3.90. The number of hydrogen-bond donors (Lipinski definition) is 2. The minimum Gasteiger partial charge on any atom is -0.497 e. The van der Waals surface area contributed by atoms with Crippen LogP contribution in [0.5, 0.6) is 11.5 Å². The van der Waals surface area contributed by atoms with Crippen molar-refractivity contribution in [3.05, 3.63) is 42.2 Å². The number of nitrogen functional groups attached to an aromatic ring is 1. The molecular formula is C14H15FN2O2. The molecular weight excluding hydrogens is 247 g/mol. The molecule has 0 radical (unpaired) electrons. The van der Waals surface area contributed by atoms with Crippen molar-refractivity contribution < 1.29 is 13.9 Å². The number of anilines is 3. The van der Waals surface area contributed by atoms with Crippen LogP contribution in [-0.4, -0.2) is 14.2 Å². The molecule has 0 aliphatic rings. The van der Waals surface area contributed by atoms with E-state index >= 15 is 0 Å². The first-order chi connectivity index (χ1) is 9.15. The SMILES string of the molecule is COc1ccc(OC)c(Nc2c(N)cccc2F)c1. The Labute approximate surface area is 111 Å². The van der Waals surface area contributed by atoms with E-state index in [1.807, 2.05) is 0 Å². The molecule has 2 aromatic rings. The zero-order valence-corrected chi connectivity index (χ0v) is 10.7. The molecule has 0 amide bonds. The average molecular weight is 262 g/mol. The van der Waals surface area contributed by atoms with Gasteiger partial charge < -0.3 is 20.5 Å². The Morgan fingerprint density at radius 1 is 1.11 bits per heavy atom. The fraction of sp³-hybridized carbons (Fsp3) is 0.143. The zero-order valence-electron chi connectivity index (χ0n) is 10.7. The number of para-hydroxylation sites is 1. The van der Waals surface area contributed by atoms with Crippen molar-refractivity contribution in [1.29, 1.82) is 0 Å². The number of ether oxygens (including phenoxy) is 2. The fourth-order valence-electron chi connectivity index (χ4n) is 1.72. The van der Waals surface area contributed by atoms with Crippen LogP contribution in [0.4, 0.5) is 21.5 Å². The summed E-state index contributed by atoms with van der Waals surface area (Å²) >= 11 is 0. The van der Waals surface area contributed by atoms with Gasteiger partial charge in [-0.05, 0) is 24.3 Å². The Bertz CT molecular complexity index is 567. The lowest BCUT2D eigenvalue weighted by Gasteiger charge is -2.14. The highest BCUT2D eigenvalue weighted by Crippen LogP contribution is 2.34. The molecule has 0 saturated carbocycles. The summed E-state index contributed by atoms with van der Waals surface area (Å²) in [5, 5.41) is 2.93. The molecule has 0 aliphatic heterocycles. The predicted molar refractivity (Wildman–Crippen MR) is 73.6 cm³/mol. The van der Waals surface area contributed by atoms with E-state index in [4.69, 9.17) is 15.2 Å². The van der Waals surface area contributed by atoms with Crippen LogP contribution in [0.3, 0.4) is 0 Å². The van der Waals surface area contributed by atoms with E-state index in [0.29, 0.717) is 22.9 Å². The molecule has 2 aromatic carbocycles. The Morgan fingerprint density at radius 3 is 2.53 bits per heavy atom. The van der Waals surface area contributed by atoms with E-state index in [2.05, 4.69) is 5.32 Å². The van der Waals surface area contributed by atoms with Crippen LogP contribution in [0, 0.1) is 5.82 Å². The molecule has 0 unspecified atom stereocenters. The summed E-state index contributed by atoms with van der Waals surface area (Å²) in [6.07, 6.45) is 0. The second-order valence-corrected chi connectivity index (χ2v) is 3.90. The lowest BCUT2D eigenvalue weighted by atomic mass is 10.2. The van der Waals surface area contributed by atoms with Gasteiger partial charge in [-0.2, -0.15) is 0 Å². The molecule has 0 aromatic heterocycles. The fourth-order valence-corrected chi connectivity index (χ4v) is 1.72. The van der Waals surface area contributed by atoms with Crippen molar-refractivity contribution in [1.82, 2.24) is 0 Å². The van der Waals surface area contributed by atoms with Crippen LogP contribution < -0.4 is 20.5 Å². The molecule has 3 N–H and O–H groups in total. The molecule has 100 valence electrons. The molecule has 4 nitrogen and oxygen atoms in total. The third-order valence-corrected chi connectivity index (χ3v) is 2.71. The summed E-state index contributed by atoms with van der Waals surface area (Å²) in [6, 6.07) is 9.72. The third kappa shape index (κ3) is 2.70. The van der Waals surface area contributed by atoms with E-state index in [0.717, 1.165) is 0 Å². The summed E-state index contributed by atoms with van der Waals surface area (Å²) < 4.78 is 24.1. The number of nitrogens with two attached hydrogens (primary N) is 1. The number of hydrogen-bond acceptors (Lipinski definition) is 4. The van der Waals surface area contributed by atoms with Crippen LogP contribution in [0.15, 0.2) is 36.4 Å². The topological polar surface area (TPSA) is 56.5 Å². The standard InChI is InChI=1S/C14H15FN2O2/c1-18-9-6-7-13(19-2)12(8-9)17-14-10(15)4-3-5-11(14)16/h3-8,17H,16H2,1-2H3. The van der Waals surface area contributed by atoms with Gasteiger partial charge in [-0.15, -0.1) is 0 Å². The molecule has 19 heavy (non-hydrogen) atoms. The van der Waals surface area contributed by atoms with Crippen LogP contribution in [0.1, 0.15) is 0 Å². The van der Waals surface area contributed by atoms with Crippen molar-refractivity contribution in [3.8, 4) is 11.5 Å². The number of halogens is 1. The average Bonchev–Trinajstić information content (AvgIpc) is 2.42.